The molecule has 0 saturated carbocycles. The van der Waals surface area contributed by atoms with Crippen molar-refractivity contribution in [3.63, 3.8) is 0 Å². The minimum Gasteiger partial charge on any atom is -0.389 e. The second kappa shape index (κ2) is 3.95. The number of halogens is 1. The van der Waals surface area contributed by atoms with Gasteiger partial charge in [-0.05, 0) is 0 Å². The number of aryl methyl sites for hydroxylation is 1. The first-order valence-electron chi connectivity index (χ1n) is 3.77. The molecule has 74 valence electrons. The van der Waals surface area contributed by atoms with Crippen LogP contribution >= 0.6 is 11.6 Å². The Morgan fingerprint density at radius 1 is 1.69 bits per heavy atom. The topological polar surface area (TPSA) is 84.3 Å². The van der Waals surface area contributed by atoms with Crippen LogP contribution in [0.4, 0.5) is 5.82 Å². The molecule has 5 nitrogen and oxygen atoms in total. The molecule has 0 amide bonds. The molecular formula is C7H12ClN3O2. The molecule has 0 aromatic carbocycles. The highest BCUT2D eigenvalue weighted by molar-refractivity contribution is 6.18. The lowest BCUT2D eigenvalue weighted by Crippen LogP contribution is -2.20. The summed E-state index contributed by atoms with van der Waals surface area (Å²) in [5, 5.41) is 22.6. The van der Waals surface area contributed by atoms with Gasteiger partial charge >= 0.3 is 0 Å². The van der Waals surface area contributed by atoms with Gasteiger partial charge in [-0.1, -0.05) is 0 Å². The van der Waals surface area contributed by atoms with Gasteiger partial charge in [0, 0.05) is 18.8 Å². The van der Waals surface area contributed by atoms with Gasteiger partial charge in [0.1, 0.15) is 6.10 Å². The van der Waals surface area contributed by atoms with Crippen LogP contribution in [0.2, 0.25) is 0 Å². The number of nitrogens with two attached hydrogens (primary N) is 1. The van der Waals surface area contributed by atoms with Crippen molar-refractivity contribution < 1.29 is 10.2 Å². The molecule has 6 heteroatoms. The zero-order chi connectivity index (χ0) is 10.0. The second-order valence-corrected chi connectivity index (χ2v) is 3.12. The van der Waals surface area contributed by atoms with Crippen LogP contribution in [0.3, 0.4) is 0 Å². The number of aliphatic hydroxyl groups excluding tert-OH is 2. The van der Waals surface area contributed by atoms with Crippen LogP contribution in [-0.4, -0.2) is 32.0 Å². The molecule has 0 spiro atoms. The van der Waals surface area contributed by atoms with E-state index in [4.69, 9.17) is 17.3 Å². The van der Waals surface area contributed by atoms with Crippen LogP contribution in [-0.2, 0) is 7.05 Å². The monoisotopic (exact) mass is 205 g/mol. The van der Waals surface area contributed by atoms with Gasteiger partial charge in [-0.3, -0.25) is 4.68 Å². The Morgan fingerprint density at radius 3 is 2.69 bits per heavy atom. The molecule has 1 heterocycles. The van der Waals surface area contributed by atoms with Crippen molar-refractivity contribution in [1.82, 2.24) is 9.78 Å². The van der Waals surface area contributed by atoms with E-state index in [0.717, 1.165) is 0 Å². The second-order valence-electron chi connectivity index (χ2n) is 2.81. The van der Waals surface area contributed by atoms with Crippen molar-refractivity contribution in [3.8, 4) is 0 Å². The number of nitrogens with zero attached hydrogens (tertiary/aromatic N) is 2. The first-order valence-corrected chi connectivity index (χ1v) is 4.30. The molecule has 0 aliphatic heterocycles. The summed E-state index contributed by atoms with van der Waals surface area (Å²) >= 11 is 5.38. The number of hydrogen-bond acceptors (Lipinski definition) is 4. The Balaban J connectivity index is 2.87. The normalized spacial score (nSPS) is 15.7. The Morgan fingerprint density at radius 2 is 2.31 bits per heavy atom. The van der Waals surface area contributed by atoms with Gasteiger partial charge in [0.25, 0.3) is 0 Å². The van der Waals surface area contributed by atoms with E-state index in [1.807, 2.05) is 0 Å². The molecule has 0 saturated heterocycles. The van der Waals surface area contributed by atoms with Gasteiger partial charge < -0.3 is 15.9 Å². The largest absolute Gasteiger partial charge is 0.389 e. The van der Waals surface area contributed by atoms with Gasteiger partial charge in [-0.2, -0.15) is 5.10 Å². The van der Waals surface area contributed by atoms with Crippen LogP contribution < -0.4 is 5.73 Å². The molecule has 0 aliphatic rings. The van der Waals surface area contributed by atoms with E-state index >= 15 is 0 Å². The summed E-state index contributed by atoms with van der Waals surface area (Å²) in [7, 11) is 1.68. The molecule has 2 atom stereocenters. The van der Waals surface area contributed by atoms with E-state index in [1.165, 1.54) is 4.68 Å². The van der Waals surface area contributed by atoms with Gasteiger partial charge in [0.2, 0.25) is 0 Å². The number of aromatic nitrogens is 2. The van der Waals surface area contributed by atoms with E-state index in [2.05, 4.69) is 5.10 Å². The summed E-state index contributed by atoms with van der Waals surface area (Å²) in [6.07, 6.45) is -0.546. The maximum absolute atomic E-state index is 9.52. The predicted molar refractivity (Wildman–Crippen MR) is 49.3 cm³/mol. The minimum atomic E-state index is -1.08. The fourth-order valence-electron chi connectivity index (χ4n) is 1.04. The van der Waals surface area contributed by atoms with Crippen LogP contribution in [0.1, 0.15) is 11.7 Å². The summed E-state index contributed by atoms with van der Waals surface area (Å²) in [6.45, 7) is 0. The average molecular weight is 206 g/mol. The fourth-order valence-corrected chi connectivity index (χ4v) is 1.21. The maximum Gasteiger partial charge on any atom is 0.151 e. The Hall–Kier alpha value is -0.780. The number of rotatable bonds is 3. The predicted octanol–water partition coefficient (Wildman–Crippen LogP) is -0.365. The van der Waals surface area contributed by atoms with Crippen molar-refractivity contribution in [2.45, 2.75) is 12.2 Å². The van der Waals surface area contributed by atoms with E-state index in [0.29, 0.717) is 5.56 Å². The number of nitrogen functional groups attached to an aromatic ring is 1. The van der Waals surface area contributed by atoms with E-state index < -0.39 is 12.2 Å². The molecule has 2 unspecified atom stereocenters. The minimum absolute atomic E-state index is 0.0461. The highest BCUT2D eigenvalue weighted by atomic mass is 35.5. The highest BCUT2D eigenvalue weighted by Crippen LogP contribution is 2.22. The van der Waals surface area contributed by atoms with Crippen molar-refractivity contribution in [1.29, 1.82) is 0 Å². The molecule has 0 fully saturated rings. The lowest BCUT2D eigenvalue weighted by atomic mass is 10.1. The average Bonchev–Trinajstić information content (AvgIpc) is 2.42. The highest BCUT2D eigenvalue weighted by Gasteiger charge is 2.21. The Kier molecular flexibility index (Phi) is 3.13. The van der Waals surface area contributed by atoms with Crippen LogP contribution in [0.5, 0.6) is 0 Å². The number of hydrogen-bond donors (Lipinski definition) is 3. The van der Waals surface area contributed by atoms with Gasteiger partial charge in [0.15, 0.2) is 5.82 Å². The van der Waals surface area contributed by atoms with Crippen LogP contribution in [0.25, 0.3) is 0 Å². The number of anilines is 1. The summed E-state index contributed by atoms with van der Waals surface area (Å²) in [5.41, 5.74) is 5.89. The molecule has 0 radical (unpaired) electrons. The van der Waals surface area contributed by atoms with Crippen LogP contribution in [0, 0.1) is 0 Å². The quantitative estimate of drug-likeness (QED) is 0.589. The van der Waals surface area contributed by atoms with Gasteiger partial charge in [0.05, 0.1) is 12.0 Å². The van der Waals surface area contributed by atoms with Crippen molar-refractivity contribution in [3.05, 3.63) is 11.8 Å². The Labute approximate surface area is 80.7 Å². The smallest absolute Gasteiger partial charge is 0.151 e. The lowest BCUT2D eigenvalue weighted by molar-refractivity contribution is 0.0331. The summed E-state index contributed by atoms with van der Waals surface area (Å²) < 4.78 is 1.47. The SMILES string of the molecule is Cn1cc(C(O)C(O)CCl)c(N)n1. The third-order valence-corrected chi connectivity index (χ3v) is 2.04. The van der Waals surface area contributed by atoms with Crippen LogP contribution in [0.15, 0.2) is 6.20 Å². The maximum atomic E-state index is 9.52. The zero-order valence-corrected chi connectivity index (χ0v) is 7.94. The molecule has 1 aromatic heterocycles. The van der Waals surface area contributed by atoms with Gasteiger partial charge in [-0.25, -0.2) is 0 Å². The van der Waals surface area contributed by atoms with Crippen molar-refractivity contribution in [2.24, 2.45) is 7.05 Å². The third kappa shape index (κ3) is 2.12. The van der Waals surface area contributed by atoms with E-state index in [1.54, 1.807) is 13.2 Å². The molecule has 13 heavy (non-hydrogen) atoms. The molecule has 1 rings (SSSR count). The molecule has 1 aromatic rings. The van der Waals surface area contributed by atoms with E-state index in [9.17, 15) is 10.2 Å². The zero-order valence-electron chi connectivity index (χ0n) is 7.18. The molecule has 4 N–H and O–H groups in total. The summed E-state index contributed by atoms with van der Waals surface area (Å²) in [5.74, 6) is 0.161. The number of alkyl halides is 1. The fraction of sp³-hybridized carbons (Fsp3) is 0.571. The Bertz CT molecular complexity index is 289. The molecular weight excluding hydrogens is 194 g/mol. The first kappa shape index (κ1) is 10.3. The van der Waals surface area contributed by atoms with E-state index in [-0.39, 0.29) is 11.7 Å². The standard InChI is InChI=1S/C7H12ClN3O2/c1-11-3-4(7(9)10-11)6(13)5(12)2-8/h3,5-6,12-13H,2H2,1H3,(H2,9,10). The summed E-state index contributed by atoms with van der Waals surface area (Å²) in [4.78, 5) is 0. The molecule has 0 bridgehead atoms. The molecule has 0 aliphatic carbocycles. The summed E-state index contributed by atoms with van der Waals surface area (Å²) in [6, 6.07) is 0. The lowest BCUT2D eigenvalue weighted by Gasteiger charge is -2.13. The van der Waals surface area contributed by atoms with Gasteiger partial charge in [-0.15, -0.1) is 11.6 Å². The third-order valence-electron chi connectivity index (χ3n) is 1.73. The van der Waals surface area contributed by atoms with Crippen molar-refractivity contribution in [2.75, 3.05) is 11.6 Å². The van der Waals surface area contributed by atoms with Crippen molar-refractivity contribution >= 4 is 17.4 Å². The number of aliphatic hydroxyl groups is 2. The first-order chi connectivity index (χ1) is 6.06.